The van der Waals surface area contributed by atoms with Crippen LogP contribution < -0.4 is 0 Å². The van der Waals surface area contributed by atoms with Crippen molar-refractivity contribution in [2.45, 2.75) is 12.8 Å². The third-order valence-corrected chi connectivity index (χ3v) is 4.08. The molecule has 1 atom stereocenters. The molecule has 0 aliphatic carbocycles. The standard InChI is InChI=1S/C14H10ClN3S/c1-9(7-16)14-13(11-3-2-6-19-11)17-12-5-4-10(15)8-18(12)14/h2-6,8-9H,1H3. The maximum atomic E-state index is 9.24. The summed E-state index contributed by atoms with van der Waals surface area (Å²) in [5.41, 5.74) is 2.57. The fourth-order valence-electron chi connectivity index (χ4n) is 2.11. The van der Waals surface area contributed by atoms with Crippen molar-refractivity contribution < 1.29 is 0 Å². The first-order valence-corrected chi connectivity index (χ1v) is 7.07. The predicted molar refractivity (Wildman–Crippen MR) is 77.5 cm³/mol. The molecule has 3 aromatic rings. The summed E-state index contributed by atoms with van der Waals surface area (Å²) in [5, 5.41) is 11.9. The van der Waals surface area contributed by atoms with Crippen molar-refractivity contribution in [1.29, 1.82) is 5.26 Å². The Morgan fingerprint density at radius 2 is 2.26 bits per heavy atom. The van der Waals surface area contributed by atoms with Crippen LogP contribution in [0, 0.1) is 11.3 Å². The summed E-state index contributed by atoms with van der Waals surface area (Å²) in [7, 11) is 0. The normalized spacial score (nSPS) is 12.5. The van der Waals surface area contributed by atoms with Gasteiger partial charge >= 0.3 is 0 Å². The number of nitrogens with zero attached hydrogens (tertiary/aromatic N) is 3. The first kappa shape index (κ1) is 12.2. The minimum atomic E-state index is -0.245. The van der Waals surface area contributed by atoms with Gasteiger partial charge in [0.05, 0.1) is 27.6 Å². The van der Waals surface area contributed by atoms with Gasteiger partial charge in [-0.15, -0.1) is 11.3 Å². The SMILES string of the molecule is CC(C#N)c1c(-c2cccs2)nc2ccc(Cl)cn12. The van der Waals surface area contributed by atoms with Crippen LogP contribution in [0.2, 0.25) is 5.02 Å². The van der Waals surface area contributed by atoms with E-state index in [2.05, 4.69) is 11.1 Å². The molecule has 0 aliphatic heterocycles. The number of hydrogen-bond acceptors (Lipinski definition) is 3. The molecule has 3 aromatic heterocycles. The zero-order valence-electron chi connectivity index (χ0n) is 10.2. The van der Waals surface area contributed by atoms with Crippen molar-refractivity contribution in [3.63, 3.8) is 0 Å². The van der Waals surface area contributed by atoms with Gasteiger partial charge in [-0.2, -0.15) is 5.26 Å². The molecule has 3 rings (SSSR count). The van der Waals surface area contributed by atoms with Gasteiger partial charge in [0.15, 0.2) is 0 Å². The number of thiophene rings is 1. The molecule has 0 amide bonds. The molecule has 0 aromatic carbocycles. The fourth-order valence-corrected chi connectivity index (χ4v) is 2.99. The molecule has 0 saturated carbocycles. The maximum Gasteiger partial charge on any atom is 0.137 e. The summed E-state index contributed by atoms with van der Waals surface area (Å²) in [4.78, 5) is 5.70. The van der Waals surface area contributed by atoms with Crippen LogP contribution in [-0.4, -0.2) is 9.38 Å². The van der Waals surface area contributed by atoms with Gasteiger partial charge in [-0.1, -0.05) is 17.7 Å². The van der Waals surface area contributed by atoms with Crippen LogP contribution in [0.3, 0.4) is 0 Å². The lowest BCUT2D eigenvalue weighted by atomic mass is 10.1. The Bertz CT molecular complexity index is 768. The number of aromatic nitrogens is 2. The second-order valence-corrected chi connectivity index (χ2v) is 5.63. The van der Waals surface area contributed by atoms with Gasteiger partial charge in [0.2, 0.25) is 0 Å². The molecule has 0 fully saturated rings. The predicted octanol–water partition coefficient (Wildman–Crippen LogP) is 4.34. The zero-order valence-corrected chi connectivity index (χ0v) is 11.7. The van der Waals surface area contributed by atoms with Crippen LogP contribution in [0.25, 0.3) is 16.2 Å². The van der Waals surface area contributed by atoms with Crippen LogP contribution >= 0.6 is 22.9 Å². The van der Waals surface area contributed by atoms with E-state index in [1.807, 2.05) is 47.2 Å². The van der Waals surface area contributed by atoms with E-state index in [4.69, 9.17) is 11.6 Å². The van der Waals surface area contributed by atoms with Crippen LogP contribution in [0.15, 0.2) is 35.8 Å². The van der Waals surface area contributed by atoms with E-state index < -0.39 is 0 Å². The van der Waals surface area contributed by atoms with Gasteiger partial charge in [0, 0.05) is 6.20 Å². The number of pyridine rings is 1. The van der Waals surface area contributed by atoms with Crippen molar-refractivity contribution in [2.24, 2.45) is 0 Å². The zero-order chi connectivity index (χ0) is 13.4. The molecular formula is C14H10ClN3S. The van der Waals surface area contributed by atoms with Gasteiger partial charge in [-0.25, -0.2) is 4.98 Å². The Morgan fingerprint density at radius 3 is 2.95 bits per heavy atom. The van der Waals surface area contributed by atoms with Crippen molar-refractivity contribution >= 4 is 28.6 Å². The molecule has 0 aliphatic rings. The van der Waals surface area contributed by atoms with Gasteiger partial charge in [-0.05, 0) is 30.5 Å². The maximum absolute atomic E-state index is 9.24. The van der Waals surface area contributed by atoms with E-state index >= 15 is 0 Å². The monoisotopic (exact) mass is 287 g/mol. The first-order valence-electron chi connectivity index (χ1n) is 5.81. The fraction of sp³-hybridized carbons (Fsp3) is 0.143. The summed E-state index contributed by atoms with van der Waals surface area (Å²) >= 11 is 7.66. The molecule has 5 heteroatoms. The summed E-state index contributed by atoms with van der Waals surface area (Å²) in [5.74, 6) is -0.245. The molecule has 3 nitrogen and oxygen atoms in total. The molecule has 94 valence electrons. The van der Waals surface area contributed by atoms with Crippen LogP contribution in [0.1, 0.15) is 18.5 Å². The molecule has 0 bridgehead atoms. The smallest absolute Gasteiger partial charge is 0.137 e. The van der Waals surface area contributed by atoms with Gasteiger partial charge in [-0.3, -0.25) is 0 Å². The summed E-state index contributed by atoms with van der Waals surface area (Å²) in [6.07, 6.45) is 1.81. The Morgan fingerprint density at radius 1 is 1.42 bits per heavy atom. The highest BCUT2D eigenvalue weighted by Crippen LogP contribution is 2.33. The van der Waals surface area contributed by atoms with E-state index in [1.54, 1.807) is 11.3 Å². The van der Waals surface area contributed by atoms with Crippen LogP contribution in [-0.2, 0) is 0 Å². The number of fused-ring (bicyclic) bond motifs is 1. The van der Waals surface area contributed by atoms with E-state index in [9.17, 15) is 5.26 Å². The second kappa shape index (κ2) is 4.69. The lowest BCUT2D eigenvalue weighted by Gasteiger charge is -2.05. The highest BCUT2D eigenvalue weighted by atomic mass is 35.5. The summed E-state index contributed by atoms with van der Waals surface area (Å²) in [6.45, 7) is 1.88. The van der Waals surface area contributed by atoms with Crippen molar-refractivity contribution in [3.8, 4) is 16.6 Å². The summed E-state index contributed by atoms with van der Waals surface area (Å²) < 4.78 is 1.91. The molecule has 0 saturated heterocycles. The Labute approximate surface area is 119 Å². The van der Waals surface area contributed by atoms with E-state index in [0.717, 1.165) is 21.9 Å². The quantitative estimate of drug-likeness (QED) is 0.703. The second-order valence-electron chi connectivity index (χ2n) is 4.25. The van der Waals surface area contributed by atoms with Gasteiger partial charge < -0.3 is 4.40 Å². The van der Waals surface area contributed by atoms with E-state index in [0.29, 0.717) is 5.02 Å². The van der Waals surface area contributed by atoms with Crippen molar-refractivity contribution in [2.75, 3.05) is 0 Å². The topological polar surface area (TPSA) is 41.1 Å². The van der Waals surface area contributed by atoms with Gasteiger partial charge in [0.1, 0.15) is 11.3 Å². The molecule has 3 heterocycles. The molecule has 1 unspecified atom stereocenters. The molecule has 0 radical (unpaired) electrons. The van der Waals surface area contributed by atoms with E-state index in [-0.39, 0.29) is 5.92 Å². The summed E-state index contributed by atoms with van der Waals surface area (Å²) in [6, 6.07) is 9.96. The molecular weight excluding hydrogens is 278 g/mol. The van der Waals surface area contributed by atoms with Crippen LogP contribution in [0.5, 0.6) is 0 Å². The highest BCUT2D eigenvalue weighted by Gasteiger charge is 2.19. The molecule has 0 spiro atoms. The Balaban J connectivity index is 2.36. The third-order valence-electron chi connectivity index (χ3n) is 2.98. The number of hydrogen-bond donors (Lipinski definition) is 0. The first-order chi connectivity index (χ1) is 9.20. The average Bonchev–Trinajstić information content (AvgIpc) is 3.03. The lowest BCUT2D eigenvalue weighted by molar-refractivity contribution is 0.901. The number of imidazole rings is 1. The van der Waals surface area contributed by atoms with Crippen molar-refractivity contribution in [1.82, 2.24) is 9.38 Å². The highest BCUT2D eigenvalue weighted by molar-refractivity contribution is 7.13. The van der Waals surface area contributed by atoms with Gasteiger partial charge in [0.25, 0.3) is 0 Å². The van der Waals surface area contributed by atoms with Crippen LogP contribution in [0.4, 0.5) is 0 Å². The number of rotatable bonds is 2. The van der Waals surface area contributed by atoms with E-state index in [1.165, 1.54) is 0 Å². The number of halogens is 1. The largest absolute Gasteiger partial charge is 0.301 e. The lowest BCUT2D eigenvalue weighted by Crippen LogP contribution is -1.98. The minimum Gasteiger partial charge on any atom is -0.301 e. The molecule has 19 heavy (non-hydrogen) atoms. The molecule has 0 N–H and O–H groups in total. The Kier molecular flexibility index (Phi) is 3.02. The minimum absolute atomic E-state index is 0.245. The third kappa shape index (κ3) is 2.01. The average molecular weight is 288 g/mol. The Hall–Kier alpha value is -1.83. The number of nitriles is 1. The van der Waals surface area contributed by atoms with Crippen molar-refractivity contribution in [3.05, 3.63) is 46.6 Å².